The second kappa shape index (κ2) is 5.60. The number of carbonyl (C=O) groups is 1. The molecule has 0 aromatic heterocycles. The summed E-state index contributed by atoms with van der Waals surface area (Å²) in [4.78, 5) is 12.2. The van der Waals surface area contributed by atoms with Crippen molar-refractivity contribution in [2.24, 2.45) is 5.92 Å². The van der Waals surface area contributed by atoms with Crippen LogP contribution in [0.4, 0.5) is 11.4 Å². The van der Waals surface area contributed by atoms with Gasteiger partial charge in [-0.3, -0.25) is 15.2 Å². The van der Waals surface area contributed by atoms with E-state index < -0.39 is 0 Å². The molecule has 0 saturated carbocycles. The van der Waals surface area contributed by atoms with Gasteiger partial charge in [0.15, 0.2) is 0 Å². The molecule has 0 unspecified atom stereocenters. The number of nitrogens with one attached hydrogen (secondary N) is 1. The summed E-state index contributed by atoms with van der Waals surface area (Å²) in [5.74, 6) is -0.0194. The molecule has 0 aliphatic carbocycles. The predicted octanol–water partition coefficient (Wildman–Crippen LogP) is 3.61. The first-order chi connectivity index (χ1) is 10.2. The smallest absolute Gasteiger partial charge is 0.241 e. The third kappa shape index (κ3) is 2.64. The lowest BCUT2D eigenvalue weighted by Crippen LogP contribution is -2.41. The monoisotopic (exact) mass is 280 g/mol. The molecule has 1 amide bonds. The van der Waals surface area contributed by atoms with E-state index in [0.717, 1.165) is 24.2 Å². The molecule has 0 spiro atoms. The van der Waals surface area contributed by atoms with Crippen molar-refractivity contribution >= 4 is 17.3 Å². The van der Waals surface area contributed by atoms with Gasteiger partial charge in [0.1, 0.15) is 0 Å². The lowest BCUT2D eigenvalue weighted by molar-refractivity contribution is -0.123. The van der Waals surface area contributed by atoms with Gasteiger partial charge in [0.05, 0.1) is 11.4 Å². The van der Waals surface area contributed by atoms with E-state index in [2.05, 4.69) is 41.8 Å². The fourth-order valence-corrected chi connectivity index (χ4v) is 2.64. The first-order valence-electron chi connectivity index (χ1n) is 7.43. The van der Waals surface area contributed by atoms with E-state index in [1.54, 1.807) is 0 Å². The molecule has 2 aromatic rings. The summed E-state index contributed by atoms with van der Waals surface area (Å²) in [5, 5.41) is 1.94. The van der Waals surface area contributed by atoms with Gasteiger partial charge in [-0.05, 0) is 36.1 Å². The van der Waals surface area contributed by atoms with E-state index in [1.807, 2.05) is 31.0 Å². The van der Waals surface area contributed by atoms with Crippen molar-refractivity contribution in [1.82, 2.24) is 5.43 Å². The van der Waals surface area contributed by atoms with Gasteiger partial charge in [0.2, 0.25) is 5.91 Å². The maximum Gasteiger partial charge on any atom is 0.241 e. The summed E-state index contributed by atoms with van der Waals surface area (Å²) in [7, 11) is 0. The zero-order valence-corrected chi connectivity index (χ0v) is 12.5. The quantitative estimate of drug-likeness (QED) is 0.911. The number of para-hydroxylation sites is 2. The topological polar surface area (TPSA) is 32.3 Å². The summed E-state index contributed by atoms with van der Waals surface area (Å²) in [5.41, 5.74) is 7.72. The highest BCUT2D eigenvalue weighted by atomic mass is 16.2. The highest BCUT2D eigenvalue weighted by Crippen LogP contribution is 2.34. The first-order valence-corrected chi connectivity index (χ1v) is 7.43. The Hall–Kier alpha value is -2.29. The van der Waals surface area contributed by atoms with Crippen LogP contribution in [-0.4, -0.2) is 5.91 Å². The minimum atomic E-state index is -0.0485. The van der Waals surface area contributed by atoms with Crippen LogP contribution in [0.25, 0.3) is 0 Å². The van der Waals surface area contributed by atoms with E-state index >= 15 is 0 Å². The molecule has 1 N–H and O–H groups in total. The summed E-state index contributed by atoms with van der Waals surface area (Å²) in [6, 6.07) is 16.5. The maximum absolute atomic E-state index is 12.2. The zero-order valence-electron chi connectivity index (χ0n) is 12.5. The molecule has 1 heterocycles. The van der Waals surface area contributed by atoms with Gasteiger partial charge in [0.25, 0.3) is 0 Å². The summed E-state index contributed by atoms with van der Waals surface area (Å²) in [6.45, 7) is 3.82. The molecule has 108 valence electrons. The van der Waals surface area contributed by atoms with Crippen LogP contribution in [0, 0.1) is 5.92 Å². The third-order valence-electron chi connectivity index (χ3n) is 3.88. The van der Waals surface area contributed by atoms with Crippen molar-refractivity contribution in [2.45, 2.75) is 26.7 Å². The van der Waals surface area contributed by atoms with E-state index in [0.29, 0.717) is 0 Å². The van der Waals surface area contributed by atoms with E-state index in [1.165, 1.54) is 11.1 Å². The Kier molecular flexibility index (Phi) is 3.65. The first kappa shape index (κ1) is 13.7. The Morgan fingerprint density at radius 1 is 0.952 bits per heavy atom. The number of hydrazine groups is 1. The summed E-state index contributed by atoms with van der Waals surface area (Å²) < 4.78 is 0. The number of aryl methyl sites for hydroxylation is 2. The lowest BCUT2D eigenvalue weighted by Gasteiger charge is -2.28. The molecule has 0 atom stereocenters. The summed E-state index contributed by atoms with van der Waals surface area (Å²) >= 11 is 0. The highest BCUT2D eigenvalue weighted by Gasteiger charge is 2.22. The second-order valence-corrected chi connectivity index (χ2v) is 5.72. The van der Waals surface area contributed by atoms with Crippen LogP contribution < -0.4 is 10.4 Å². The molecule has 1 aliphatic rings. The van der Waals surface area contributed by atoms with Crippen LogP contribution in [0.5, 0.6) is 0 Å². The largest absolute Gasteiger partial charge is 0.273 e. The molecule has 21 heavy (non-hydrogen) atoms. The number of fused-ring (bicyclic) bond motifs is 2. The number of hydrogen-bond donors (Lipinski definition) is 1. The molecule has 0 fully saturated rings. The molecule has 1 aliphatic heterocycles. The van der Waals surface area contributed by atoms with Crippen LogP contribution >= 0.6 is 0 Å². The SMILES string of the molecule is CC(C)C(=O)NN1c2ccccc2CCc2ccccc21. The van der Waals surface area contributed by atoms with Gasteiger partial charge in [-0.15, -0.1) is 0 Å². The summed E-state index contributed by atoms with van der Waals surface area (Å²) in [6.07, 6.45) is 1.97. The minimum Gasteiger partial charge on any atom is -0.273 e. The Labute approximate surface area is 125 Å². The Balaban J connectivity index is 2.09. The van der Waals surface area contributed by atoms with Crippen molar-refractivity contribution in [2.75, 3.05) is 5.01 Å². The molecule has 3 nitrogen and oxygen atoms in total. The van der Waals surface area contributed by atoms with Crippen LogP contribution in [-0.2, 0) is 17.6 Å². The maximum atomic E-state index is 12.2. The Bertz CT molecular complexity index is 616. The number of nitrogens with zero attached hydrogens (tertiary/aromatic N) is 1. The van der Waals surface area contributed by atoms with Crippen LogP contribution in [0.1, 0.15) is 25.0 Å². The molecule has 0 radical (unpaired) electrons. The normalized spacial score (nSPS) is 13.4. The molecular formula is C18H20N2O. The predicted molar refractivity (Wildman–Crippen MR) is 85.4 cm³/mol. The minimum absolute atomic E-state index is 0.0292. The number of hydrogen-bond acceptors (Lipinski definition) is 2. The average molecular weight is 280 g/mol. The van der Waals surface area contributed by atoms with Gasteiger partial charge in [-0.2, -0.15) is 0 Å². The number of anilines is 2. The number of carbonyl (C=O) groups excluding carboxylic acids is 1. The van der Waals surface area contributed by atoms with Crippen molar-refractivity contribution in [3.05, 3.63) is 59.7 Å². The molecule has 0 bridgehead atoms. The molecule has 0 saturated heterocycles. The van der Waals surface area contributed by atoms with Gasteiger partial charge < -0.3 is 0 Å². The van der Waals surface area contributed by atoms with Crippen molar-refractivity contribution in [3.8, 4) is 0 Å². The van der Waals surface area contributed by atoms with Gasteiger partial charge in [-0.1, -0.05) is 50.2 Å². The van der Waals surface area contributed by atoms with E-state index in [-0.39, 0.29) is 11.8 Å². The van der Waals surface area contributed by atoms with E-state index in [9.17, 15) is 4.79 Å². The number of amides is 1. The molecule has 3 rings (SSSR count). The molecule has 3 heteroatoms. The van der Waals surface area contributed by atoms with Crippen LogP contribution in [0.3, 0.4) is 0 Å². The number of benzene rings is 2. The van der Waals surface area contributed by atoms with Gasteiger partial charge in [-0.25, -0.2) is 0 Å². The Morgan fingerprint density at radius 2 is 1.43 bits per heavy atom. The van der Waals surface area contributed by atoms with Crippen molar-refractivity contribution in [1.29, 1.82) is 0 Å². The molecule has 2 aromatic carbocycles. The van der Waals surface area contributed by atoms with E-state index in [4.69, 9.17) is 0 Å². The average Bonchev–Trinajstić information content (AvgIpc) is 2.65. The number of rotatable bonds is 2. The Morgan fingerprint density at radius 3 is 1.90 bits per heavy atom. The lowest BCUT2D eigenvalue weighted by atomic mass is 10.0. The van der Waals surface area contributed by atoms with Crippen molar-refractivity contribution in [3.63, 3.8) is 0 Å². The zero-order chi connectivity index (χ0) is 14.8. The fourth-order valence-electron chi connectivity index (χ4n) is 2.64. The highest BCUT2D eigenvalue weighted by molar-refractivity contribution is 5.83. The standard InChI is InChI=1S/C18H20N2O/c1-13(2)18(21)19-20-16-9-5-3-7-14(16)11-12-15-8-4-6-10-17(15)20/h3-10,13H,11-12H2,1-2H3,(H,19,21). The van der Waals surface area contributed by atoms with Crippen LogP contribution in [0.2, 0.25) is 0 Å². The fraction of sp³-hybridized carbons (Fsp3) is 0.278. The van der Waals surface area contributed by atoms with Crippen LogP contribution in [0.15, 0.2) is 48.5 Å². The molecular weight excluding hydrogens is 260 g/mol. The van der Waals surface area contributed by atoms with Crippen molar-refractivity contribution < 1.29 is 4.79 Å². The van der Waals surface area contributed by atoms with Gasteiger partial charge >= 0.3 is 0 Å². The third-order valence-corrected chi connectivity index (χ3v) is 3.88. The van der Waals surface area contributed by atoms with Gasteiger partial charge in [0, 0.05) is 5.92 Å². The second-order valence-electron chi connectivity index (χ2n) is 5.72.